The van der Waals surface area contributed by atoms with Gasteiger partial charge in [0.1, 0.15) is 6.54 Å². The van der Waals surface area contributed by atoms with Gasteiger partial charge in [-0.3, -0.25) is 23.5 Å². The minimum absolute atomic E-state index is 0.108. The van der Waals surface area contributed by atoms with Crippen molar-refractivity contribution in [3.63, 3.8) is 0 Å². The van der Waals surface area contributed by atoms with Crippen LogP contribution in [0.15, 0.2) is 64.7 Å². The Bertz CT molecular complexity index is 1160. The van der Waals surface area contributed by atoms with E-state index in [9.17, 15) is 14.4 Å². The smallest absolute Gasteiger partial charge is 0.254 e. The summed E-state index contributed by atoms with van der Waals surface area (Å²) in [6.45, 7) is 0.463. The van der Waals surface area contributed by atoms with E-state index in [2.05, 4.69) is 15.3 Å². The largest absolute Gasteiger partial charge is 0.353 e. The number of aromatic nitrogens is 4. The molecule has 2 aromatic heterocycles. The van der Waals surface area contributed by atoms with Crippen LogP contribution in [0.3, 0.4) is 0 Å². The number of carbonyl (C=O) groups is 1. The number of benzene rings is 1. The Morgan fingerprint density at radius 1 is 0.968 bits per heavy atom. The Morgan fingerprint density at radius 3 is 2.39 bits per heavy atom. The van der Waals surface area contributed by atoms with Crippen molar-refractivity contribution in [3.8, 4) is 11.3 Å². The monoisotopic (exact) mass is 419 g/mol. The molecule has 160 valence electrons. The summed E-state index contributed by atoms with van der Waals surface area (Å²) in [6.07, 6.45) is 7.49. The van der Waals surface area contributed by atoms with Gasteiger partial charge in [0, 0.05) is 36.7 Å². The van der Waals surface area contributed by atoms with Crippen LogP contribution in [0.4, 0.5) is 0 Å². The molecule has 3 aromatic rings. The number of rotatable bonds is 7. The summed E-state index contributed by atoms with van der Waals surface area (Å²) in [5.41, 5.74) is 1.87. The van der Waals surface area contributed by atoms with Crippen molar-refractivity contribution < 1.29 is 4.79 Å². The van der Waals surface area contributed by atoms with Crippen molar-refractivity contribution in [1.29, 1.82) is 0 Å². The molecular formula is C23H25N5O3. The van der Waals surface area contributed by atoms with E-state index in [0.29, 0.717) is 18.2 Å². The first kappa shape index (κ1) is 20.7. The van der Waals surface area contributed by atoms with Crippen LogP contribution in [-0.4, -0.2) is 31.6 Å². The zero-order chi connectivity index (χ0) is 21.6. The van der Waals surface area contributed by atoms with E-state index in [1.54, 1.807) is 12.4 Å². The first-order valence-electron chi connectivity index (χ1n) is 10.5. The van der Waals surface area contributed by atoms with E-state index in [-0.39, 0.29) is 30.1 Å². The summed E-state index contributed by atoms with van der Waals surface area (Å²) in [5, 5.41) is 2.74. The fourth-order valence-electron chi connectivity index (χ4n) is 3.89. The van der Waals surface area contributed by atoms with Gasteiger partial charge in [-0.2, -0.15) is 0 Å². The van der Waals surface area contributed by atoms with Crippen LogP contribution < -0.4 is 16.4 Å². The topological polar surface area (TPSA) is 98.9 Å². The maximum Gasteiger partial charge on any atom is 0.254 e. The van der Waals surface area contributed by atoms with Gasteiger partial charge in [0.2, 0.25) is 5.91 Å². The van der Waals surface area contributed by atoms with Crippen LogP contribution in [0.2, 0.25) is 0 Å². The highest BCUT2D eigenvalue weighted by Crippen LogP contribution is 2.32. The summed E-state index contributed by atoms with van der Waals surface area (Å²) in [5.74, 6) is 0.0715. The van der Waals surface area contributed by atoms with Gasteiger partial charge in [-0.1, -0.05) is 43.2 Å². The third-order valence-corrected chi connectivity index (χ3v) is 5.61. The first-order chi connectivity index (χ1) is 15.1. The van der Waals surface area contributed by atoms with E-state index < -0.39 is 0 Å². The number of nitrogens with one attached hydrogen (secondary N) is 1. The molecule has 2 heterocycles. The molecule has 1 amide bonds. The average molecular weight is 419 g/mol. The van der Waals surface area contributed by atoms with Crippen LogP contribution in [-0.2, 0) is 17.9 Å². The Morgan fingerprint density at radius 2 is 1.68 bits per heavy atom. The zero-order valence-corrected chi connectivity index (χ0v) is 17.2. The van der Waals surface area contributed by atoms with E-state index in [1.807, 2.05) is 30.3 Å². The molecule has 8 nitrogen and oxygen atoms in total. The highest BCUT2D eigenvalue weighted by molar-refractivity contribution is 5.75. The van der Waals surface area contributed by atoms with Gasteiger partial charge >= 0.3 is 0 Å². The molecule has 0 spiro atoms. The lowest BCUT2D eigenvalue weighted by Crippen LogP contribution is -2.35. The van der Waals surface area contributed by atoms with Gasteiger partial charge in [0.15, 0.2) is 0 Å². The Kier molecular flexibility index (Phi) is 6.35. The average Bonchev–Trinajstić information content (AvgIpc) is 3.32. The predicted octanol–water partition coefficient (Wildman–Crippen LogP) is 1.94. The van der Waals surface area contributed by atoms with E-state index in [1.165, 1.54) is 34.4 Å². The number of hydrogen-bond donors (Lipinski definition) is 1. The normalized spacial score (nSPS) is 13.9. The molecule has 1 aliphatic carbocycles. The number of amides is 1. The molecule has 8 heteroatoms. The number of hydrogen-bond acceptors (Lipinski definition) is 5. The summed E-state index contributed by atoms with van der Waals surface area (Å²) in [7, 11) is 0. The molecule has 0 radical (unpaired) electrons. The molecule has 0 aliphatic heterocycles. The third-order valence-electron chi connectivity index (χ3n) is 5.61. The van der Waals surface area contributed by atoms with Crippen LogP contribution >= 0.6 is 0 Å². The van der Waals surface area contributed by atoms with Crippen LogP contribution in [0.1, 0.15) is 37.3 Å². The Hall–Kier alpha value is -3.55. The van der Waals surface area contributed by atoms with Gasteiger partial charge in [-0.15, -0.1) is 0 Å². The first-order valence-corrected chi connectivity index (χ1v) is 10.5. The van der Waals surface area contributed by atoms with E-state index >= 15 is 0 Å². The SMILES string of the molecule is O=C(Cn1cnc(-c2ccccc2)cc1=O)NCCn1cnc(C2CCCC2)cc1=O. The standard InChI is InChI=1S/C23H25N5O3/c29-21(14-28-16-26-20(13-23(28)31)17-6-2-1-3-7-17)24-10-11-27-15-25-19(12-22(27)30)18-8-4-5-9-18/h1-3,6-7,12-13,15-16,18H,4-5,8-11,14H2,(H,24,29). The summed E-state index contributed by atoms with van der Waals surface area (Å²) >= 11 is 0. The molecule has 1 saturated carbocycles. The maximum absolute atomic E-state index is 12.3. The quantitative estimate of drug-likeness (QED) is 0.631. The van der Waals surface area contributed by atoms with Gasteiger partial charge in [-0.25, -0.2) is 9.97 Å². The second-order valence-corrected chi connectivity index (χ2v) is 7.78. The van der Waals surface area contributed by atoms with Crippen molar-refractivity contribution in [2.45, 2.75) is 44.7 Å². The lowest BCUT2D eigenvalue weighted by atomic mass is 10.0. The molecule has 1 aromatic carbocycles. The van der Waals surface area contributed by atoms with Crippen molar-refractivity contribution in [3.05, 3.63) is 81.5 Å². The summed E-state index contributed by atoms with van der Waals surface area (Å²) in [6, 6.07) is 12.4. The number of carbonyl (C=O) groups excluding carboxylic acids is 1. The molecule has 0 bridgehead atoms. The van der Waals surface area contributed by atoms with Crippen LogP contribution in [0.5, 0.6) is 0 Å². The van der Waals surface area contributed by atoms with Crippen LogP contribution in [0, 0.1) is 0 Å². The minimum Gasteiger partial charge on any atom is -0.353 e. The van der Waals surface area contributed by atoms with Crippen LogP contribution in [0.25, 0.3) is 11.3 Å². The fourth-order valence-corrected chi connectivity index (χ4v) is 3.89. The molecule has 0 saturated heterocycles. The van der Waals surface area contributed by atoms with Crippen molar-refractivity contribution in [1.82, 2.24) is 24.4 Å². The predicted molar refractivity (Wildman–Crippen MR) is 117 cm³/mol. The molecule has 31 heavy (non-hydrogen) atoms. The second kappa shape index (κ2) is 9.51. The molecular weight excluding hydrogens is 394 g/mol. The van der Waals surface area contributed by atoms with Gasteiger partial charge in [0.05, 0.1) is 24.0 Å². The summed E-state index contributed by atoms with van der Waals surface area (Å²) < 4.78 is 2.74. The maximum atomic E-state index is 12.3. The molecule has 1 N–H and O–H groups in total. The minimum atomic E-state index is -0.319. The van der Waals surface area contributed by atoms with Gasteiger partial charge in [-0.05, 0) is 12.8 Å². The Balaban J connectivity index is 1.30. The van der Waals surface area contributed by atoms with Gasteiger partial charge < -0.3 is 5.32 Å². The third kappa shape index (κ3) is 5.14. The van der Waals surface area contributed by atoms with Crippen molar-refractivity contribution in [2.75, 3.05) is 6.54 Å². The highest BCUT2D eigenvalue weighted by Gasteiger charge is 2.18. The van der Waals surface area contributed by atoms with E-state index in [4.69, 9.17) is 0 Å². The lowest BCUT2D eigenvalue weighted by molar-refractivity contribution is -0.121. The summed E-state index contributed by atoms with van der Waals surface area (Å²) in [4.78, 5) is 45.6. The van der Waals surface area contributed by atoms with E-state index in [0.717, 1.165) is 24.1 Å². The number of nitrogens with zero attached hydrogens (tertiary/aromatic N) is 4. The molecule has 0 atom stereocenters. The fraction of sp³-hybridized carbons (Fsp3) is 0.348. The van der Waals surface area contributed by atoms with Crippen molar-refractivity contribution >= 4 is 5.91 Å². The lowest BCUT2D eigenvalue weighted by Gasteiger charge is -2.11. The zero-order valence-electron chi connectivity index (χ0n) is 17.2. The molecule has 0 unspecified atom stereocenters. The molecule has 1 fully saturated rings. The second-order valence-electron chi connectivity index (χ2n) is 7.78. The molecule has 4 rings (SSSR count). The van der Waals surface area contributed by atoms with Crippen molar-refractivity contribution in [2.24, 2.45) is 0 Å². The highest BCUT2D eigenvalue weighted by atomic mass is 16.2. The molecule has 1 aliphatic rings. The Labute approximate surface area is 179 Å². The van der Waals surface area contributed by atoms with Gasteiger partial charge in [0.25, 0.3) is 11.1 Å².